The first kappa shape index (κ1) is 14.6. The molecule has 1 aromatic rings. The van der Waals surface area contributed by atoms with Crippen LogP contribution in [0.2, 0.25) is 0 Å². The van der Waals surface area contributed by atoms with Gasteiger partial charge in [0, 0.05) is 23.0 Å². The molecule has 1 atom stereocenters. The van der Waals surface area contributed by atoms with Crippen LogP contribution in [0, 0.1) is 0 Å². The summed E-state index contributed by atoms with van der Waals surface area (Å²) in [7, 11) is 2.21. The van der Waals surface area contributed by atoms with Gasteiger partial charge < -0.3 is 10.6 Å². The Kier molecular flexibility index (Phi) is 4.21. The van der Waals surface area contributed by atoms with Gasteiger partial charge >= 0.3 is 0 Å². The van der Waals surface area contributed by atoms with Crippen molar-refractivity contribution in [2.45, 2.75) is 43.4 Å². The van der Waals surface area contributed by atoms with Gasteiger partial charge in [-0.25, -0.2) is 0 Å². The quantitative estimate of drug-likeness (QED) is 0.912. The number of rotatable bonds is 3. The largest absolute Gasteiger partial charge is 0.330 e. The van der Waals surface area contributed by atoms with E-state index in [0.717, 1.165) is 6.54 Å². The standard InChI is InChI=1S/C17H25BrN2/c1-20-9-6-13(11-20)15-5-4-14(10-16(15)18)17(12-19)7-2-3-8-17/h4-5,10,13H,2-3,6-9,11-12,19H2,1H3. The molecule has 1 heterocycles. The molecule has 3 heteroatoms. The van der Waals surface area contributed by atoms with Gasteiger partial charge in [0.2, 0.25) is 0 Å². The van der Waals surface area contributed by atoms with Gasteiger partial charge in [0.1, 0.15) is 0 Å². The Hall–Kier alpha value is -0.380. The van der Waals surface area contributed by atoms with Gasteiger partial charge in [0.25, 0.3) is 0 Å². The van der Waals surface area contributed by atoms with Crippen molar-refractivity contribution in [1.29, 1.82) is 0 Å². The number of nitrogens with zero attached hydrogens (tertiary/aromatic N) is 1. The van der Waals surface area contributed by atoms with Crippen LogP contribution in [0.1, 0.15) is 49.1 Å². The second kappa shape index (κ2) is 5.78. The summed E-state index contributed by atoms with van der Waals surface area (Å²) in [5, 5.41) is 0. The highest BCUT2D eigenvalue weighted by molar-refractivity contribution is 9.10. The molecule has 2 fully saturated rings. The number of likely N-dealkylation sites (tertiary alicyclic amines) is 1. The van der Waals surface area contributed by atoms with Crippen LogP contribution in [-0.4, -0.2) is 31.6 Å². The average Bonchev–Trinajstić information content (AvgIpc) is 3.08. The summed E-state index contributed by atoms with van der Waals surface area (Å²) < 4.78 is 1.29. The summed E-state index contributed by atoms with van der Waals surface area (Å²) in [5.41, 5.74) is 9.27. The zero-order valence-electron chi connectivity index (χ0n) is 12.4. The van der Waals surface area contributed by atoms with E-state index in [9.17, 15) is 0 Å². The molecule has 0 radical (unpaired) electrons. The molecule has 0 bridgehead atoms. The first-order valence-corrected chi connectivity index (χ1v) is 8.62. The maximum absolute atomic E-state index is 6.11. The summed E-state index contributed by atoms with van der Waals surface area (Å²) in [4.78, 5) is 2.42. The third-order valence-electron chi connectivity index (χ3n) is 5.40. The Balaban J connectivity index is 1.87. The van der Waals surface area contributed by atoms with Crippen molar-refractivity contribution < 1.29 is 0 Å². The number of halogens is 1. The Morgan fingerprint density at radius 3 is 2.65 bits per heavy atom. The average molecular weight is 337 g/mol. The molecule has 110 valence electrons. The van der Waals surface area contributed by atoms with E-state index in [4.69, 9.17) is 5.73 Å². The van der Waals surface area contributed by atoms with E-state index >= 15 is 0 Å². The minimum absolute atomic E-state index is 0.244. The van der Waals surface area contributed by atoms with Crippen molar-refractivity contribution in [2.75, 3.05) is 26.7 Å². The number of benzene rings is 1. The summed E-state index contributed by atoms with van der Waals surface area (Å²) in [6.07, 6.45) is 6.42. The van der Waals surface area contributed by atoms with Crippen LogP contribution < -0.4 is 5.73 Å². The maximum atomic E-state index is 6.11. The number of hydrogen-bond donors (Lipinski definition) is 1. The summed E-state index contributed by atoms with van der Waals surface area (Å²) >= 11 is 3.82. The SMILES string of the molecule is CN1CCC(c2ccc(C3(CN)CCCC3)cc2Br)C1. The maximum Gasteiger partial charge on any atom is 0.0213 e. The molecule has 0 aromatic heterocycles. The molecule has 1 unspecified atom stereocenters. The van der Waals surface area contributed by atoms with Crippen LogP contribution in [-0.2, 0) is 5.41 Å². The number of hydrogen-bond acceptors (Lipinski definition) is 2. The van der Waals surface area contributed by atoms with E-state index in [1.807, 2.05) is 0 Å². The van der Waals surface area contributed by atoms with Gasteiger partial charge in [-0.3, -0.25) is 0 Å². The first-order valence-electron chi connectivity index (χ1n) is 7.83. The van der Waals surface area contributed by atoms with Crippen molar-refractivity contribution in [3.8, 4) is 0 Å². The van der Waals surface area contributed by atoms with Crippen molar-refractivity contribution in [3.63, 3.8) is 0 Å². The molecule has 2 N–H and O–H groups in total. The molecule has 1 saturated heterocycles. The third kappa shape index (κ3) is 2.56. The van der Waals surface area contributed by atoms with Crippen LogP contribution in [0.3, 0.4) is 0 Å². The van der Waals surface area contributed by atoms with E-state index in [1.165, 1.54) is 60.8 Å². The molecule has 0 spiro atoms. The molecule has 1 aromatic carbocycles. The lowest BCUT2D eigenvalue weighted by Gasteiger charge is -2.29. The third-order valence-corrected chi connectivity index (χ3v) is 6.08. The van der Waals surface area contributed by atoms with E-state index in [1.54, 1.807) is 0 Å². The minimum atomic E-state index is 0.244. The molecule has 3 rings (SSSR count). The molecule has 1 aliphatic carbocycles. The van der Waals surface area contributed by atoms with Gasteiger partial charge in [-0.1, -0.05) is 40.9 Å². The minimum Gasteiger partial charge on any atom is -0.330 e. The van der Waals surface area contributed by atoms with Crippen LogP contribution in [0.5, 0.6) is 0 Å². The van der Waals surface area contributed by atoms with Crippen molar-refractivity contribution in [2.24, 2.45) is 5.73 Å². The first-order chi connectivity index (χ1) is 9.64. The summed E-state index contributed by atoms with van der Waals surface area (Å²) in [6, 6.07) is 7.04. The monoisotopic (exact) mass is 336 g/mol. The van der Waals surface area contributed by atoms with Crippen LogP contribution in [0.4, 0.5) is 0 Å². The Morgan fingerprint density at radius 2 is 2.10 bits per heavy atom. The van der Waals surface area contributed by atoms with Gasteiger partial charge in [-0.05, 0) is 56.0 Å². The smallest absolute Gasteiger partial charge is 0.0213 e. The fourth-order valence-electron chi connectivity index (χ4n) is 4.04. The van der Waals surface area contributed by atoms with Crippen LogP contribution in [0.15, 0.2) is 22.7 Å². The molecular formula is C17H25BrN2. The number of likely N-dealkylation sites (N-methyl/N-ethyl adjacent to an activating group) is 1. The van der Waals surface area contributed by atoms with E-state index in [2.05, 4.69) is 46.1 Å². The highest BCUT2D eigenvalue weighted by Crippen LogP contribution is 2.42. The highest BCUT2D eigenvalue weighted by atomic mass is 79.9. The van der Waals surface area contributed by atoms with Crippen LogP contribution in [0.25, 0.3) is 0 Å². The molecule has 1 aliphatic heterocycles. The van der Waals surface area contributed by atoms with E-state index in [0.29, 0.717) is 5.92 Å². The topological polar surface area (TPSA) is 29.3 Å². The zero-order chi connectivity index (χ0) is 14.2. The second-order valence-corrected chi connectivity index (χ2v) is 7.53. The zero-order valence-corrected chi connectivity index (χ0v) is 14.0. The van der Waals surface area contributed by atoms with Crippen molar-refractivity contribution in [1.82, 2.24) is 4.90 Å². The highest BCUT2D eigenvalue weighted by Gasteiger charge is 2.34. The molecule has 1 saturated carbocycles. The predicted molar refractivity (Wildman–Crippen MR) is 88.2 cm³/mol. The Bertz CT molecular complexity index is 480. The van der Waals surface area contributed by atoms with Gasteiger partial charge in [-0.15, -0.1) is 0 Å². The van der Waals surface area contributed by atoms with Gasteiger partial charge in [0.15, 0.2) is 0 Å². The second-order valence-electron chi connectivity index (χ2n) is 6.68. The molecule has 20 heavy (non-hydrogen) atoms. The fraction of sp³-hybridized carbons (Fsp3) is 0.647. The fourth-order valence-corrected chi connectivity index (χ4v) is 4.74. The molecule has 2 aliphatic rings. The lowest BCUT2D eigenvalue weighted by atomic mass is 9.78. The van der Waals surface area contributed by atoms with Gasteiger partial charge in [-0.2, -0.15) is 0 Å². The Labute approximate surface area is 130 Å². The van der Waals surface area contributed by atoms with Crippen molar-refractivity contribution >= 4 is 15.9 Å². The summed E-state index contributed by atoms with van der Waals surface area (Å²) in [5.74, 6) is 0.681. The van der Waals surface area contributed by atoms with Gasteiger partial charge in [0.05, 0.1) is 0 Å². The molecular weight excluding hydrogens is 312 g/mol. The lowest BCUT2D eigenvalue weighted by Crippen LogP contribution is -2.32. The lowest BCUT2D eigenvalue weighted by molar-refractivity contribution is 0.411. The number of nitrogens with two attached hydrogens (primary N) is 1. The van der Waals surface area contributed by atoms with Crippen LogP contribution >= 0.6 is 15.9 Å². The van der Waals surface area contributed by atoms with E-state index in [-0.39, 0.29) is 5.41 Å². The molecule has 0 amide bonds. The van der Waals surface area contributed by atoms with E-state index < -0.39 is 0 Å². The Morgan fingerprint density at radius 1 is 1.35 bits per heavy atom. The molecule has 2 nitrogen and oxygen atoms in total. The predicted octanol–water partition coefficient (Wildman–Crippen LogP) is 3.64. The summed E-state index contributed by atoms with van der Waals surface area (Å²) in [6.45, 7) is 3.18. The normalized spacial score (nSPS) is 26.2. The van der Waals surface area contributed by atoms with Crippen molar-refractivity contribution in [3.05, 3.63) is 33.8 Å².